The lowest BCUT2D eigenvalue weighted by Gasteiger charge is -2.18. The van der Waals surface area contributed by atoms with Crippen LogP contribution in [0.4, 0.5) is 23.3 Å². The fourth-order valence-electron chi connectivity index (χ4n) is 8.65. The van der Waals surface area contributed by atoms with Crippen LogP contribution >= 0.6 is 24.0 Å². The highest BCUT2D eigenvalue weighted by Gasteiger charge is 2.27. The van der Waals surface area contributed by atoms with E-state index in [9.17, 15) is 4.79 Å². The van der Waals surface area contributed by atoms with Crippen molar-refractivity contribution < 1.29 is 19.0 Å². The highest BCUT2D eigenvalue weighted by atomic mass is 32.2. The Morgan fingerprint density at radius 3 is 1.70 bits per heavy atom. The van der Waals surface area contributed by atoms with E-state index in [2.05, 4.69) is 72.1 Å². The van der Waals surface area contributed by atoms with E-state index in [1.165, 1.54) is 126 Å². The first-order valence-electron chi connectivity index (χ1n) is 22.1. The number of methoxy groups -OCH3 is 1. The van der Waals surface area contributed by atoms with Crippen LogP contribution in [-0.4, -0.2) is 77.7 Å². The minimum absolute atomic E-state index is 0.217. The lowest BCUT2D eigenvalue weighted by atomic mass is 9.99. The number of ether oxygens (including phenoxy) is 3. The van der Waals surface area contributed by atoms with Crippen LogP contribution < -0.4 is 10.6 Å². The summed E-state index contributed by atoms with van der Waals surface area (Å²) in [5.74, 6) is 1.86. The number of aromatic nitrogens is 6. The average Bonchev–Trinajstić information content (AvgIpc) is 4.05. The monoisotopic (exact) mass is 890 g/mol. The molecule has 0 saturated heterocycles. The second kappa shape index (κ2) is 19.8. The molecule has 60 heavy (non-hydrogen) atoms. The minimum atomic E-state index is -1.15. The summed E-state index contributed by atoms with van der Waals surface area (Å²) in [6, 6.07) is 7.16. The smallest absolute Gasteiger partial charge is 0.306 e. The molecule has 16 heteroatoms. The number of anilines is 4. The van der Waals surface area contributed by atoms with Gasteiger partial charge in [-0.15, -0.1) is 5.10 Å². The Labute approximate surface area is 367 Å². The quantitative estimate of drug-likeness (QED) is 0.0290. The van der Waals surface area contributed by atoms with E-state index in [0.29, 0.717) is 35.6 Å². The highest BCUT2D eigenvalue weighted by molar-refractivity contribution is 7.99. The minimum Gasteiger partial charge on any atom is -0.469 e. The molecule has 0 bridgehead atoms. The van der Waals surface area contributed by atoms with E-state index in [1.54, 1.807) is 0 Å². The maximum absolute atomic E-state index is 11.5. The van der Waals surface area contributed by atoms with E-state index in [4.69, 9.17) is 36.5 Å². The van der Waals surface area contributed by atoms with Gasteiger partial charge in [-0.25, -0.2) is 9.36 Å². The van der Waals surface area contributed by atoms with Crippen molar-refractivity contribution in [1.29, 1.82) is 0 Å². The zero-order valence-electron chi connectivity index (χ0n) is 37.0. The number of H-pyrrole nitrogens is 1. The zero-order chi connectivity index (χ0) is 42.4. The molecule has 0 saturated carbocycles. The summed E-state index contributed by atoms with van der Waals surface area (Å²) in [5.41, 5.74) is 14.4. The fraction of sp³-hybridized carbons (Fsp3) is 0.614. The molecule has 0 amide bonds. The summed E-state index contributed by atoms with van der Waals surface area (Å²) in [6.07, 6.45) is 14.5. The largest absolute Gasteiger partial charge is 0.469 e. The van der Waals surface area contributed by atoms with Gasteiger partial charge in [0.25, 0.3) is 0 Å². The molecule has 0 fully saturated rings. The van der Waals surface area contributed by atoms with Crippen molar-refractivity contribution in [3.63, 3.8) is 0 Å². The summed E-state index contributed by atoms with van der Waals surface area (Å²) in [5, 5.41) is 15.8. The molecule has 4 aliphatic carbocycles. The van der Waals surface area contributed by atoms with E-state index >= 15 is 0 Å². The molecule has 3 N–H and O–H groups in total. The van der Waals surface area contributed by atoms with Gasteiger partial charge in [0.15, 0.2) is 0 Å². The van der Waals surface area contributed by atoms with E-state index in [0.717, 1.165) is 62.9 Å². The summed E-state index contributed by atoms with van der Waals surface area (Å²) in [6.45, 7) is 16.5. The summed E-state index contributed by atoms with van der Waals surface area (Å²) in [7, 11) is -0.825. The molecule has 4 aromatic rings. The summed E-state index contributed by atoms with van der Waals surface area (Å²) >= 11 is 6.77. The lowest BCUT2D eigenvalue weighted by molar-refractivity contribution is -0.140. The number of hydrogen-bond donors (Lipinski definition) is 3. The van der Waals surface area contributed by atoms with Crippen LogP contribution in [0.25, 0.3) is 0 Å². The number of carbonyl (C=O) groups is 1. The number of aryl methyl sites for hydroxylation is 4. The molecule has 326 valence electrons. The number of nitrogens with zero attached hydrogens (tertiary/aromatic N) is 5. The van der Waals surface area contributed by atoms with Crippen LogP contribution in [0.15, 0.2) is 17.3 Å². The molecule has 0 unspecified atom stereocenters. The lowest BCUT2D eigenvalue weighted by Crippen LogP contribution is -2.22. The first kappa shape index (κ1) is 44.8. The Bertz CT molecular complexity index is 2140. The molecule has 12 nitrogen and oxygen atoms in total. The normalized spacial score (nSPS) is 15.3. The summed E-state index contributed by atoms with van der Waals surface area (Å²) in [4.78, 5) is 20.8. The molecule has 0 atom stereocenters. The maximum atomic E-state index is 11.5. The zero-order valence-corrected chi connectivity index (χ0v) is 40.6. The number of aromatic amines is 1. The Hall–Kier alpha value is -3.29. The van der Waals surface area contributed by atoms with Crippen molar-refractivity contribution in [2.45, 2.75) is 153 Å². The van der Waals surface area contributed by atoms with Gasteiger partial charge < -0.3 is 24.8 Å². The number of rotatable bonds is 18. The Balaban J connectivity index is 0.000000185. The van der Waals surface area contributed by atoms with Gasteiger partial charge >= 0.3 is 5.97 Å². The Kier molecular flexibility index (Phi) is 14.8. The van der Waals surface area contributed by atoms with Crippen molar-refractivity contribution in [2.24, 2.45) is 0 Å². The van der Waals surface area contributed by atoms with Crippen molar-refractivity contribution in [2.75, 3.05) is 36.7 Å². The number of fused-ring (bicyclic) bond motifs is 4. The third kappa shape index (κ3) is 11.6. The second-order valence-electron chi connectivity index (χ2n) is 19.1. The molecule has 2 aromatic heterocycles. The number of esters is 1. The van der Waals surface area contributed by atoms with Crippen LogP contribution in [0.3, 0.4) is 0 Å². The molecule has 2 aromatic carbocycles. The molecule has 0 radical (unpaired) electrons. The fourth-order valence-corrected chi connectivity index (χ4v) is 11.1. The Morgan fingerprint density at radius 1 is 0.733 bits per heavy atom. The van der Waals surface area contributed by atoms with Gasteiger partial charge in [-0.1, -0.05) is 63.2 Å². The third-order valence-electron chi connectivity index (χ3n) is 12.0. The highest BCUT2D eigenvalue weighted by Crippen LogP contribution is 2.41. The molecule has 8 rings (SSSR count). The summed E-state index contributed by atoms with van der Waals surface area (Å²) < 4.78 is 20.9. The van der Waals surface area contributed by atoms with Crippen LogP contribution in [0.1, 0.15) is 76.6 Å². The first-order chi connectivity index (χ1) is 28.7. The number of nitrogens with one attached hydrogen (secondary N) is 3. The number of carbonyl (C=O) groups excluding carboxylic acids is 1. The van der Waals surface area contributed by atoms with Gasteiger partial charge in [-0.3, -0.25) is 9.89 Å². The molecule has 0 spiro atoms. The SMILES string of the molecule is COC(=O)CCSc1nc(Nc2c3c(cc4c2CCC4)CCC3)n(COCC[Si](C)(C)C)n1.C[Si](C)(C)CCOCn1[nH]c(=S)nc1Nc1c2c(cc3c1CCC3)CCC2. The standard InChI is InChI=1S/C24H36N4O3SSi.C20H30N4OSSi/c1-30-21(29)11-13-32-24-26-23(28(27-24)16-31-12-14-33(2,3)4)25-22-19-9-5-7-17(19)15-18-8-6-10-20(18)22;1-27(2,3)11-10-25-13-24-19(22-20(26)23-24)21-18-16-8-4-6-14(16)12-15-7-5-9-17(15)18/h15H,5-14,16H2,1-4H3,(H,25,26,27);12H,4-11,13H2,1-3H3,(H2,21,22,23,26). The number of benzene rings is 2. The van der Waals surface area contributed by atoms with Gasteiger partial charge in [0, 0.05) is 46.5 Å². The van der Waals surface area contributed by atoms with Gasteiger partial charge in [0.05, 0.1) is 13.5 Å². The van der Waals surface area contributed by atoms with Crippen molar-refractivity contribution in [1.82, 2.24) is 29.5 Å². The molecule has 0 aliphatic heterocycles. The van der Waals surface area contributed by atoms with E-state index in [1.807, 2.05) is 9.36 Å². The van der Waals surface area contributed by atoms with Crippen molar-refractivity contribution in [3.05, 3.63) is 61.4 Å². The molecule has 2 heterocycles. The predicted octanol–water partition coefficient (Wildman–Crippen LogP) is 9.94. The van der Waals surface area contributed by atoms with E-state index in [-0.39, 0.29) is 5.97 Å². The van der Waals surface area contributed by atoms with Gasteiger partial charge in [-0.2, -0.15) is 9.97 Å². The third-order valence-corrected chi connectivity index (χ3v) is 16.4. The van der Waals surface area contributed by atoms with Crippen LogP contribution in [-0.2, 0) is 83.8 Å². The van der Waals surface area contributed by atoms with Gasteiger partial charge in [0.2, 0.25) is 21.8 Å². The van der Waals surface area contributed by atoms with Crippen LogP contribution in [0.5, 0.6) is 0 Å². The first-order valence-corrected chi connectivity index (χ1v) is 30.9. The van der Waals surface area contributed by atoms with Crippen LogP contribution in [0, 0.1) is 4.77 Å². The molecular formula is C44H66N8O4S2Si2. The van der Waals surface area contributed by atoms with Gasteiger partial charge in [0.1, 0.15) is 13.5 Å². The Morgan fingerprint density at radius 2 is 1.22 bits per heavy atom. The molecule has 4 aliphatic rings. The van der Waals surface area contributed by atoms with Crippen molar-refractivity contribution >= 4 is 69.4 Å². The van der Waals surface area contributed by atoms with E-state index < -0.39 is 16.1 Å². The van der Waals surface area contributed by atoms with Crippen LogP contribution in [0.2, 0.25) is 51.4 Å². The average molecular weight is 891 g/mol. The molecular weight excluding hydrogens is 825 g/mol. The maximum Gasteiger partial charge on any atom is 0.306 e. The topological polar surface area (TPSA) is 133 Å². The number of hydrogen-bond acceptors (Lipinski definition) is 11. The predicted molar refractivity (Wildman–Crippen MR) is 251 cm³/mol. The second-order valence-corrected chi connectivity index (χ2v) is 31.8. The van der Waals surface area contributed by atoms with Gasteiger partial charge in [-0.05, 0) is 146 Å². The number of thioether (sulfide) groups is 1. The van der Waals surface area contributed by atoms with Crippen molar-refractivity contribution in [3.8, 4) is 0 Å².